The summed E-state index contributed by atoms with van der Waals surface area (Å²) < 4.78 is 17.0. The van der Waals surface area contributed by atoms with Gasteiger partial charge in [0.15, 0.2) is 6.10 Å². The smallest absolute Gasteiger partial charge is 0.306 e. The number of allylic oxidation sites excluding steroid dienone is 16. The van der Waals surface area contributed by atoms with Gasteiger partial charge in [-0.3, -0.25) is 14.4 Å². The average Bonchev–Trinajstić information content (AvgIpc) is 3.50. The van der Waals surface area contributed by atoms with Crippen LogP contribution in [0, 0.1) is 0 Å². The molecule has 0 aromatic heterocycles. The van der Waals surface area contributed by atoms with Gasteiger partial charge in [0.2, 0.25) is 0 Å². The quantitative estimate of drug-likeness (QED) is 0.0261. The highest BCUT2D eigenvalue weighted by atomic mass is 16.6. The van der Waals surface area contributed by atoms with Gasteiger partial charge in [-0.2, -0.15) is 0 Å². The Morgan fingerprint density at radius 1 is 0.253 bits per heavy atom. The van der Waals surface area contributed by atoms with Gasteiger partial charge in [0.25, 0.3) is 0 Å². The largest absolute Gasteiger partial charge is 0.462 e. The van der Waals surface area contributed by atoms with Gasteiger partial charge >= 0.3 is 17.9 Å². The van der Waals surface area contributed by atoms with E-state index in [0.717, 1.165) is 122 Å². The van der Waals surface area contributed by atoms with Crippen LogP contribution >= 0.6 is 0 Å². The molecule has 0 saturated heterocycles. The SMILES string of the molecule is CC/C=C\C/C=C\C/C=C\C/C=C\C/C=C\CCCCCCCC(=O)OC(COC(=O)CCCCCCCCC/C=C\C/C=C\CCCCC)COC(=O)CCCCCCCCCCCCCCCCC/C=C\CCCCCCCCCC. The Balaban J connectivity index is 4.35. The van der Waals surface area contributed by atoms with E-state index in [1.54, 1.807) is 0 Å². The van der Waals surface area contributed by atoms with Gasteiger partial charge < -0.3 is 14.2 Å². The maximum atomic E-state index is 13.0. The first-order chi connectivity index (χ1) is 41.0. The Labute approximate surface area is 515 Å². The summed E-state index contributed by atoms with van der Waals surface area (Å²) in [7, 11) is 0. The van der Waals surface area contributed by atoms with Crippen LogP contribution in [0.5, 0.6) is 0 Å². The molecule has 0 aliphatic heterocycles. The normalized spacial score (nSPS) is 12.7. The van der Waals surface area contributed by atoms with Gasteiger partial charge in [0.05, 0.1) is 0 Å². The lowest BCUT2D eigenvalue weighted by Gasteiger charge is -2.18. The van der Waals surface area contributed by atoms with Crippen LogP contribution in [-0.4, -0.2) is 37.2 Å². The minimum absolute atomic E-state index is 0.0864. The van der Waals surface area contributed by atoms with Crippen molar-refractivity contribution in [2.75, 3.05) is 13.2 Å². The minimum atomic E-state index is -0.794. The van der Waals surface area contributed by atoms with Crippen molar-refractivity contribution in [1.29, 1.82) is 0 Å². The number of unbranched alkanes of at least 4 members (excludes halogenated alkanes) is 38. The standard InChI is InChI=1S/C77H134O6/c1-4-7-10-13-16-19-22-25-28-31-33-35-36-37-38-39-40-42-43-46-49-52-55-58-61-64-67-70-76(79)82-73-74(72-81-75(78)69-66-63-60-57-54-51-48-45-30-27-24-21-18-15-12-9-6-3)83-77(80)71-68-65-62-59-56-53-50-47-44-41-34-32-29-26-23-20-17-14-11-8-5-2/h8,11,17-18,20-21,26-27,29-31,33-34,41,47,50,74H,4-7,9-10,12-16,19,22-25,28,32,35-40,42-46,48-49,51-73H2,1-3H3/b11-8-,20-17-,21-18-,29-26-,30-27-,33-31-,41-34-,50-47-. The lowest BCUT2D eigenvalue weighted by Crippen LogP contribution is -2.30. The van der Waals surface area contributed by atoms with Gasteiger partial charge in [-0.15, -0.1) is 0 Å². The average molecular weight is 1160 g/mol. The lowest BCUT2D eigenvalue weighted by atomic mass is 10.0. The highest BCUT2D eigenvalue weighted by Gasteiger charge is 2.19. The summed E-state index contributed by atoms with van der Waals surface area (Å²) in [6.07, 6.45) is 95.7. The van der Waals surface area contributed by atoms with Crippen molar-refractivity contribution in [1.82, 2.24) is 0 Å². The third-order valence-corrected chi connectivity index (χ3v) is 15.5. The van der Waals surface area contributed by atoms with Crippen LogP contribution in [0.3, 0.4) is 0 Å². The second-order valence-electron chi connectivity index (χ2n) is 23.8. The van der Waals surface area contributed by atoms with Crippen LogP contribution in [0.1, 0.15) is 355 Å². The van der Waals surface area contributed by atoms with Crippen molar-refractivity contribution in [3.8, 4) is 0 Å². The first-order valence-corrected chi connectivity index (χ1v) is 35.7. The van der Waals surface area contributed by atoms with Gasteiger partial charge in [0.1, 0.15) is 13.2 Å². The Morgan fingerprint density at radius 2 is 0.470 bits per heavy atom. The second-order valence-corrected chi connectivity index (χ2v) is 23.8. The molecule has 0 amide bonds. The summed E-state index contributed by atoms with van der Waals surface area (Å²) in [5.74, 6) is -0.897. The molecular formula is C77H134O6. The van der Waals surface area contributed by atoms with Crippen molar-refractivity contribution in [2.45, 2.75) is 361 Å². The molecule has 6 nitrogen and oxygen atoms in total. The summed E-state index contributed by atoms with van der Waals surface area (Å²) in [5.41, 5.74) is 0. The van der Waals surface area contributed by atoms with Gasteiger partial charge in [0, 0.05) is 19.3 Å². The van der Waals surface area contributed by atoms with E-state index in [1.165, 1.54) is 193 Å². The fourth-order valence-corrected chi connectivity index (χ4v) is 10.2. The molecule has 0 aromatic carbocycles. The molecular weight excluding hydrogens is 1020 g/mol. The van der Waals surface area contributed by atoms with E-state index in [9.17, 15) is 14.4 Å². The van der Waals surface area contributed by atoms with Gasteiger partial charge in [-0.05, 0) is 122 Å². The van der Waals surface area contributed by atoms with E-state index in [0.29, 0.717) is 19.3 Å². The monoisotopic (exact) mass is 1160 g/mol. The number of esters is 3. The van der Waals surface area contributed by atoms with Crippen LogP contribution in [0.15, 0.2) is 97.2 Å². The number of rotatable bonds is 65. The molecule has 0 spiro atoms. The highest BCUT2D eigenvalue weighted by Crippen LogP contribution is 2.17. The summed E-state index contributed by atoms with van der Waals surface area (Å²) in [4.78, 5) is 38.5. The zero-order chi connectivity index (χ0) is 59.9. The number of carbonyl (C=O) groups is 3. The third kappa shape index (κ3) is 69.0. The maximum Gasteiger partial charge on any atom is 0.306 e. The number of ether oxygens (including phenoxy) is 3. The molecule has 83 heavy (non-hydrogen) atoms. The zero-order valence-corrected chi connectivity index (χ0v) is 54.9. The predicted octanol–water partition coefficient (Wildman–Crippen LogP) is 24.8. The third-order valence-electron chi connectivity index (χ3n) is 15.5. The first-order valence-electron chi connectivity index (χ1n) is 35.7. The molecule has 0 heterocycles. The molecule has 0 fully saturated rings. The molecule has 0 aromatic rings. The molecule has 0 bridgehead atoms. The molecule has 1 unspecified atom stereocenters. The summed E-state index contributed by atoms with van der Waals surface area (Å²) in [6.45, 7) is 6.52. The molecule has 1 atom stereocenters. The summed E-state index contributed by atoms with van der Waals surface area (Å²) in [5, 5.41) is 0. The molecule has 0 saturated carbocycles. The van der Waals surface area contributed by atoms with Crippen LogP contribution in [0.4, 0.5) is 0 Å². The van der Waals surface area contributed by atoms with Gasteiger partial charge in [-0.25, -0.2) is 0 Å². The zero-order valence-electron chi connectivity index (χ0n) is 54.9. The Kier molecular flexibility index (Phi) is 67.7. The van der Waals surface area contributed by atoms with Crippen molar-refractivity contribution >= 4 is 17.9 Å². The molecule has 6 heteroatoms. The van der Waals surface area contributed by atoms with Crippen molar-refractivity contribution in [2.24, 2.45) is 0 Å². The van der Waals surface area contributed by atoms with E-state index in [2.05, 4.69) is 118 Å². The van der Waals surface area contributed by atoms with Crippen molar-refractivity contribution < 1.29 is 28.6 Å². The molecule has 0 aliphatic carbocycles. The van der Waals surface area contributed by atoms with Crippen molar-refractivity contribution in [3.05, 3.63) is 97.2 Å². The molecule has 0 radical (unpaired) electrons. The Morgan fingerprint density at radius 3 is 0.771 bits per heavy atom. The second kappa shape index (κ2) is 70.8. The Bertz CT molecular complexity index is 1610. The predicted molar refractivity (Wildman–Crippen MR) is 362 cm³/mol. The molecule has 0 rings (SSSR count). The van der Waals surface area contributed by atoms with Crippen LogP contribution in [0.2, 0.25) is 0 Å². The first kappa shape index (κ1) is 79.3. The van der Waals surface area contributed by atoms with E-state index < -0.39 is 6.10 Å². The van der Waals surface area contributed by atoms with Crippen LogP contribution in [-0.2, 0) is 28.6 Å². The number of carbonyl (C=O) groups excluding carboxylic acids is 3. The fourth-order valence-electron chi connectivity index (χ4n) is 10.2. The topological polar surface area (TPSA) is 78.9 Å². The molecule has 0 aliphatic rings. The number of hydrogen-bond acceptors (Lipinski definition) is 6. The molecule has 0 N–H and O–H groups in total. The number of hydrogen-bond donors (Lipinski definition) is 0. The Hall–Kier alpha value is -3.67. The minimum Gasteiger partial charge on any atom is -0.462 e. The van der Waals surface area contributed by atoms with E-state index in [4.69, 9.17) is 14.2 Å². The lowest BCUT2D eigenvalue weighted by molar-refractivity contribution is -0.167. The van der Waals surface area contributed by atoms with E-state index in [1.807, 2.05) is 0 Å². The van der Waals surface area contributed by atoms with Gasteiger partial charge in [-0.1, -0.05) is 311 Å². The summed E-state index contributed by atoms with van der Waals surface area (Å²) >= 11 is 0. The van der Waals surface area contributed by atoms with Crippen LogP contribution in [0.25, 0.3) is 0 Å². The molecule has 478 valence electrons. The van der Waals surface area contributed by atoms with E-state index in [-0.39, 0.29) is 31.1 Å². The summed E-state index contributed by atoms with van der Waals surface area (Å²) in [6, 6.07) is 0. The fraction of sp³-hybridized carbons (Fsp3) is 0.753. The maximum absolute atomic E-state index is 13.0. The highest BCUT2D eigenvalue weighted by molar-refractivity contribution is 5.71. The van der Waals surface area contributed by atoms with E-state index >= 15 is 0 Å². The van der Waals surface area contributed by atoms with Crippen molar-refractivity contribution in [3.63, 3.8) is 0 Å². The van der Waals surface area contributed by atoms with Crippen LogP contribution < -0.4 is 0 Å².